The van der Waals surface area contributed by atoms with Crippen LogP contribution in [0.15, 0.2) is 34.8 Å². The molecule has 98 valence electrons. The highest BCUT2D eigenvalue weighted by molar-refractivity contribution is 7.91. The fraction of sp³-hybridized carbons (Fsp3) is 0.300. The summed E-state index contributed by atoms with van der Waals surface area (Å²) in [5.41, 5.74) is 0. The van der Waals surface area contributed by atoms with Gasteiger partial charge in [-0.3, -0.25) is 4.68 Å². The van der Waals surface area contributed by atoms with Crippen LogP contribution in [0, 0.1) is 0 Å². The molecular weight excluding hydrogens is 294 g/mol. The standard InChI is InChI=1S/C10H12ClN3O2S2/c1-13(7-8-14-6-2-5-12-14)18(15,16)10-4-3-9(11)17-10/h2-6H,7-8H2,1H3. The van der Waals surface area contributed by atoms with Gasteiger partial charge in [0.1, 0.15) is 4.21 Å². The minimum absolute atomic E-state index is 0.260. The van der Waals surface area contributed by atoms with Gasteiger partial charge in [-0.2, -0.15) is 9.40 Å². The average Bonchev–Trinajstić information content (AvgIpc) is 2.96. The monoisotopic (exact) mass is 305 g/mol. The van der Waals surface area contributed by atoms with Crippen LogP contribution in [0.5, 0.6) is 0 Å². The Morgan fingerprint density at radius 1 is 1.50 bits per heavy atom. The molecule has 0 N–H and O–H groups in total. The van der Waals surface area contributed by atoms with Gasteiger partial charge in [0.25, 0.3) is 10.0 Å². The van der Waals surface area contributed by atoms with Crippen molar-refractivity contribution in [2.45, 2.75) is 10.8 Å². The maximum atomic E-state index is 12.2. The Hall–Kier alpha value is -0.890. The minimum Gasteiger partial charge on any atom is -0.271 e. The van der Waals surface area contributed by atoms with Crippen molar-refractivity contribution in [3.05, 3.63) is 34.9 Å². The lowest BCUT2D eigenvalue weighted by atomic mass is 10.6. The molecule has 0 saturated heterocycles. The first kappa shape index (κ1) is 13.5. The van der Waals surface area contributed by atoms with Gasteiger partial charge in [0.05, 0.1) is 10.9 Å². The smallest absolute Gasteiger partial charge is 0.252 e. The van der Waals surface area contributed by atoms with Crippen molar-refractivity contribution in [1.82, 2.24) is 14.1 Å². The Morgan fingerprint density at radius 2 is 2.28 bits per heavy atom. The van der Waals surface area contributed by atoms with Crippen molar-refractivity contribution < 1.29 is 8.42 Å². The Bertz CT molecular complexity index is 607. The van der Waals surface area contributed by atoms with E-state index in [0.717, 1.165) is 11.3 Å². The van der Waals surface area contributed by atoms with Crippen molar-refractivity contribution in [1.29, 1.82) is 0 Å². The van der Waals surface area contributed by atoms with E-state index >= 15 is 0 Å². The van der Waals surface area contributed by atoms with E-state index in [9.17, 15) is 8.42 Å². The minimum atomic E-state index is -3.45. The van der Waals surface area contributed by atoms with Crippen molar-refractivity contribution in [2.75, 3.05) is 13.6 Å². The molecule has 0 bridgehead atoms. The van der Waals surface area contributed by atoms with Crippen LogP contribution in [0.2, 0.25) is 4.34 Å². The zero-order valence-corrected chi connectivity index (χ0v) is 12.0. The first-order valence-electron chi connectivity index (χ1n) is 5.19. The summed E-state index contributed by atoms with van der Waals surface area (Å²) in [4.78, 5) is 0. The molecule has 2 aromatic heterocycles. The molecule has 0 amide bonds. The van der Waals surface area contributed by atoms with E-state index < -0.39 is 10.0 Å². The molecule has 0 atom stereocenters. The van der Waals surface area contributed by atoms with E-state index in [1.54, 1.807) is 36.3 Å². The van der Waals surface area contributed by atoms with Crippen LogP contribution in [-0.4, -0.2) is 36.1 Å². The van der Waals surface area contributed by atoms with Crippen LogP contribution in [0.25, 0.3) is 0 Å². The van der Waals surface area contributed by atoms with Crippen LogP contribution in [0.3, 0.4) is 0 Å². The lowest BCUT2D eigenvalue weighted by Crippen LogP contribution is -2.29. The summed E-state index contributed by atoms with van der Waals surface area (Å²) >= 11 is 6.81. The summed E-state index contributed by atoms with van der Waals surface area (Å²) in [5, 5.41) is 4.02. The van der Waals surface area contributed by atoms with E-state index in [-0.39, 0.29) is 4.21 Å². The summed E-state index contributed by atoms with van der Waals surface area (Å²) < 4.78 is 28.0. The summed E-state index contributed by atoms with van der Waals surface area (Å²) in [6, 6.07) is 4.90. The lowest BCUT2D eigenvalue weighted by Gasteiger charge is -2.15. The number of aromatic nitrogens is 2. The van der Waals surface area contributed by atoms with Gasteiger partial charge in [0.2, 0.25) is 0 Å². The van der Waals surface area contributed by atoms with E-state index in [0.29, 0.717) is 17.4 Å². The third kappa shape index (κ3) is 2.92. The molecule has 2 heterocycles. The molecule has 0 radical (unpaired) electrons. The van der Waals surface area contributed by atoms with Gasteiger partial charge in [0.15, 0.2) is 0 Å². The number of hydrogen-bond acceptors (Lipinski definition) is 4. The predicted octanol–water partition coefficient (Wildman–Crippen LogP) is 1.92. The van der Waals surface area contributed by atoms with E-state index in [2.05, 4.69) is 5.10 Å². The Kier molecular flexibility index (Phi) is 4.06. The molecule has 0 spiro atoms. The third-order valence-electron chi connectivity index (χ3n) is 2.42. The molecule has 18 heavy (non-hydrogen) atoms. The zero-order chi connectivity index (χ0) is 13.2. The van der Waals surface area contributed by atoms with Crippen LogP contribution < -0.4 is 0 Å². The van der Waals surface area contributed by atoms with Gasteiger partial charge in [-0.1, -0.05) is 11.6 Å². The van der Waals surface area contributed by atoms with Crippen LogP contribution in [0.4, 0.5) is 0 Å². The van der Waals surface area contributed by atoms with Gasteiger partial charge in [-0.05, 0) is 18.2 Å². The van der Waals surface area contributed by atoms with Gasteiger partial charge in [0, 0.05) is 26.0 Å². The second kappa shape index (κ2) is 5.40. The maximum absolute atomic E-state index is 12.2. The second-order valence-electron chi connectivity index (χ2n) is 3.65. The molecule has 2 aromatic rings. The van der Waals surface area contributed by atoms with Gasteiger partial charge in [-0.15, -0.1) is 11.3 Å². The van der Waals surface area contributed by atoms with Crippen LogP contribution in [-0.2, 0) is 16.6 Å². The van der Waals surface area contributed by atoms with Crippen molar-refractivity contribution in [3.63, 3.8) is 0 Å². The summed E-state index contributed by atoms with van der Waals surface area (Å²) in [6.07, 6.45) is 3.45. The van der Waals surface area contributed by atoms with Crippen molar-refractivity contribution >= 4 is 33.0 Å². The highest BCUT2D eigenvalue weighted by Crippen LogP contribution is 2.27. The Morgan fingerprint density at radius 3 is 2.83 bits per heavy atom. The lowest BCUT2D eigenvalue weighted by molar-refractivity contribution is 0.434. The average molecular weight is 306 g/mol. The van der Waals surface area contributed by atoms with Gasteiger partial charge >= 0.3 is 0 Å². The molecule has 0 aliphatic carbocycles. The Balaban J connectivity index is 2.06. The van der Waals surface area contributed by atoms with Crippen LogP contribution >= 0.6 is 22.9 Å². The zero-order valence-electron chi connectivity index (χ0n) is 9.65. The molecule has 5 nitrogen and oxygen atoms in total. The largest absolute Gasteiger partial charge is 0.271 e. The van der Waals surface area contributed by atoms with Gasteiger partial charge < -0.3 is 0 Å². The molecule has 8 heteroatoms. The van der Waals surface area contributed by atoms with Gasteiger partial charge in [-0.25, -0.2) is 8.42 Å². The molecule has 0 fully saturated rings. The highest BCUT2D eigenvalue weighted by Gasteiger charge is 2.22. The molecule has 0 aliphatic rings. The molecule has 0 aliphatic heterocycles. The summed E-state index contributed by atoms with van der Waals surface area (Å²) in [7, 11) is -1.90. The molecular formula is C10H12ClN3O2S2. The summed E-state index contributed by atoms with van der Waals surface area (Å²) in [5.74, 6) is 0. The number of halogens is 1. The SMILES string of the molecule is CN(CCn1cccn1)S(=O)(=O)c1ccc(Cl)s1. The van der Waals surface area contributed by atoms with Crippen molar-refractivity contribution in [3.8, 4) is 0 Å². The predicted molar refractivity (Wildman–Crippen MR) is 71.4 cm³/mol. The number of nitrogens with zero attached hydrogens (tertiary/aromatic N) is 3. The van der Waals surface area contributed by atoms with Crippen LogP contribution in [0.1, 0.15) is 0 Å². The first-order valence-corrected chi connectivity index (χ1v) is 7.83. The molecule has 0 saturated carbocycles. The molecule has 2 rings (SSSR count). The molecule has 0 unspecified atom stereocenters. The third-order valence-corrected chi connectivity index (χ3v) is 5.97. The maximum Gasteiger partial charge on any atom is 0.252 e. The van der Waals surface area contributed by atoms with Crippen molar-refractivity contribution in [2.24, 2.45) is 0 Å². The number of sulfonamides is 1. The van der Waals surface area contributed by atoms with E-state index in [1.807, 2.05) is 0 Å². The normalized spacial score (nSPS) is 12.2. The fourth-order valence-corrected chi connectivity index (χ4v) is 4.24. The topological polar surface area (TPSA) is 55.2 Å². The Labute approximate surface area is 115 Å². The summed E-state index contributed by atoms with van der Waals surface area (Å²) in [6.45, 7) is 0.876. The fourth-order valence-electron chi connectivity index (χ4n) is 1.39. The van der Waals surface area contributed by atoms with E-state index in [4.69, 9.17) is 11.6 Å². The quantitative estimate of drug-likeness (QED) is 0.848. The first-order chi connectivity index (χ1) is 8.50. The second-order valence-corrected chi connectivity index (χ2v) is 7.64. The number of rotatable bonds is 5. The number of hydrogen-bond donors (Lipinski definition) is 0. The number of likely N-dealkylation sites (N-methyl/N-ethyl adjacent to an activating group) is 1. The molecule has 0 aromatic carbocycles. The van der Waals surface area contributed by atoms with E-state index in [1.165, 1.54) is 10.4 Å². The highest BCUT2D eigenvalue weighted by atomic mass is 35.5. The number of thiophene rings is 1.